The third kappa shape index (κ3) is 2.23. The predicted octanol–water partition coefficient (Wildman–Crippen LogP) is -1.99. The molecular formula is C4H11NO3. The largest absolute Gasteiger partial charge is 0.386 e. The molecule has 0 saturated heterocycles. The van der Waals surface area contributed by atoms with Crippen molar-refractivity contribution in [3.05, 3.63) is 0 Å². The minimum atomic E-state index is -1.73. The molecule has 50 valence electrons. The fourth-order valence-electron chi connectivity index (χ4n) is 0.272. The average Bonchev–Trinajstić information content (AvgIpc) is 1.64. The van der Waals surface area contributed by atoms with Crippen LogP contribution in [0.15, 0.2) is 0 Å². The standard InChI is InChI=1S/C4H11NO3/c1-2(5)3(6)4(7)8/h2-4,6-8H,5H2,1H3. The number of nitrogens with two attached hydrogens (primary N) is 1. The fraction of sp³-hybridized carbons (Fsp3) is 1.00. The molecule has 5 N–H and O–H groups in total. The Hall–Kier alpha value is -0.160. The minimum absolute atomic E-state index is 0.602. The molecule has 0 fully saturated rings. The summed E-state index contributed by atoms with van der Waals surface area (Å²) in [7, 11) is 0. The van der Waals surface area contributed by atoms with Crippen molar-refractivity contribution in [2.24, 2.45) is 5.73 Å². The van der Waals surface area contributed by atoms with Crippen LogP contribution in [0, 0.1) is 0 Å². The van der Waals surface area contributed by atoms with Crippen molar-refractivity contribution < 1.29 is 15.3 Å². The van der Waals surface area contributed by atoms with E-state index in [2.05, 4.69) is 0 Å². The van der Waals surface area contributed by atoms with Gasteiger partial charge in [-0.2, -0.15) is 0 Å². The summed E-state index contributed by atoms with van der Waals surface area (Å²) in [4.78, 5) is 0. The molecule has 0 aromatic carbocycles. The van der Waals surface area contributed by atoms with Crippen molar-refractivity contribution in [1.82, 2.24) is 0 Å². The SMILES string of the molecule is CC(N)C(O)C(O)O. The summed E-state index contributed by atoms with van der Waals surface area (Å²) < 4.78 is 0. The van der Waals surface area contributed by atoms with Crippen molar-refractivity contribution in [2.75, 3.05) is 0 Å². The van der Waals surface area contributed by atoms with E-state index in [1.54, 1.807) is 0 Å². The van der Waals surface area contributed by atoms with E-state index < -0.39 is 18.4 Å². The van der Waals surface area contributed by atoms with E-state index in [0.717, 1.165) is 0 Å². The summed E-state index contributed by atoms with van der Waals surface area (Å²) in [5.41, 5.74) is 5.07. The van der Waals surface area contributed by atoms with Gasteiger partial charge in [-0.1, -0.05) is 0 Å². The Balaban J connectivity index is 3.46. The van der Waals surface area contributed by atoms with Crippen molar-refractivity contribution in [3.8, 4) is 0 Å². The first-order chi connectivity index (χ1) is 3.55. The van der Waals surface area contributed by atoms with Crippen molar-refractivity contribution in [2.45, 2.75) is 25.4 Å². The molecule has 4 nitrogen and oxygen atoms in total. The highest BCUT2D eigenvalue weighted by atomic mass is 16.5. The second kappa shape index (κ2) is 2.99. The molecule has 0 heterocycles. The fourth-order valence-corrected chi connectivity index (χ4v) is 0.272. The number of rotatable bonds is 2. The van der Waals surface area contributed by atoms with Crippen LogP contribution >= 0.6 is 0 Å². The highest BCUT2D eigenvalue weighted by Crippen LogP contribution is 1.91. The molecule has 0 amide bonds. The molecule has 0 bridgehead atoms. The van der Waals surface area contributed by atoms with Crippen LogP contribution in [0.25, 0.3) is 0 Å². The Morgan fingerprint density at radius 2 is 1.62 bits per heavy atom. The van der Waals surface area contributed by atoms with Gasteiger partial charge < -0.3 is 21.1 Å². The van der Waals surface area contributed by atoms with E-state index in [1.807, 2.05) is 0 Å². The number of hydrogen-bond acceptors (Lipinski definition) is 4. The summed E-state index contributed by atoms with van der Waals surface area (Å²) in [6.07, 6.45) is -2.97. The number of hydrogen-bond donors (Lipinski definition) is 4. The molecule has 0 aromatic rings. The van der Waals surface area contributed by atoms with Crippen molar-refractivity contribution in [3.63, 3.8) is 0 Å². The van der Waals surface area contributed by atoms with Crippen LogP contribution in [0.1, 0.15) is 6.92 Å². The average molecular weight is 121 g/mol. The maximum Gasteiger partial charge on any atom is 0.179 e. The summed E-state index contributed by atoms with van der Waals surface area (Å²) in [5, 5.41) is 25.0. The lowest BCUT2D eigenvalue weighted by atomic mass is 10.2. The Morgan fingerprint density at radius 1 is 1.25 bits per heavy atom. The zero-order valence-corrected chi connectivity index (χ0v) is 4.65. The maximum absolute atomic E-state index is 8.58. The van der Waals surface area contributed by atoms with Gasteiger partial charge in [0, 0.05) is 6.04 Å². The molecule has 4 heteroatoms. The van der Waals surface area contributed by atoms with Crippen LogP contribution in [0.3, 0.4) is 0 Å². The first-order valence-electron chi connectivity index (χ1n) is 2.35. The zero-order chi connectivity index (χ0) is 6.73. The van der Waals surface area contributed by atoms with Gasteiger partial charge in [0.25, 0.3) is 0 Å². The van der Waals surface area contributed by atoms with E-state index >= 15 is 0 Å². The minimum Gasteiger partial charge on any atom is -0.386 e. The van der Waals surface area contributed by atoms with Gasteiger partial charge in [0.2, 0.25) is 0 Å². The molecule has 2 atom stereocenters. The van der Waals surface area contributed by atoms with E-state index in [9.17, 15) is 0 Å². The third-order valence-corrected chi connectivity index (χ3v) is 0.844. The molecule has 2 unspecified atom stereocenters. The van der Waals surface area contributed by atoms with E-state index in [1.165, 1.54) is 6.92 Å². The molecule has 0 spiro atoms. The molecule has 0 aromatic heterocycles. The van der Waals surface area contributed by atoms with E-state index in [4.69, 9.17) is 21.1 Å². The normalized spacial score (nSPS) is 18.8. The van der Waals surface area contributed by atoms with E-state index in [-0.39, 0.29) is 0 Å². The van der Waals surface area contributed by atoms with Crippen molar-refractivity contribution >= 4 is 0 Å². The molecule has 0 radical (unpaired) electrons. The quantitative estimate of drug-likeness (QED) is 0.318. The Morgan fingerprint density at radius 3 is 1.62 bits per heavy atom. The monoisotopic (exact) mass is 121 g/mol. The molecule has 0 rings (SSSR count). The summed E-state index contributed by atoms with van der Waals surface area (Å²) >= 11 is 0. The van der Waals surface area contributed by atoms with Crippen molar-refractivity contribution in [1.29, 1.82) is 0 Å². The second-order valence-corrected chi connectivity index (χ2v) is 1.76. The first-order valence-corrected chi connectivity index (χ1v) is 2.35. The van der Waals surface area contributed by atoms with Gasteiger partial charge in [0.1, 0.15) is 6.10 Å². The second-order valence-electron chi connectivity index (χ2n) is 1.76. The maximum atomic E-state index is 8.58. The van der Waals surface area contributed by atoms with Gasteiger partial charge in [-0.15, -0.1) is 0 Å². The number of aliphatic hydroxyl groups is 3. The Bertz CT molecular complexity index is 56.3. The highest BCUT2D eigenvalue weighted by molar-refractivity contribution is 4.66. The van der Waals surface area contributed by atoms with Gasteiger partial charge in [0.05, 0.1) is 0 Å². The molecule has 0 aliphatic heterocycles. The topological polar surface area (TPSA) is 86.7 Å². The van der Waals surface area contributed by atoms with Gasteiger partial charge in [-0.05, 0) is 6.92 Å². The predicted molar refractivity (Wildman–Crippen MR) is 27.9 cm³/mol. The van der Waals surface area contributed by atoms with Gasteiger partial charge in [-0.25, -0.2) is 0 Å². The lowest BCUT2D eigenvalue weighted by Gasteiger charge is -2.15. The zero-order valence-electron chi connectivity index (χ0n) is 4.65. The Kier molecular flexibility index (Phi) is 2.93. The molecular weight excluding hydrogens is 110 g/mol. The summed E-state index contributed by atoms with van der Waals surface area (Å²) in [6, 6.07) is -0.602. The van der Waals surface area contributed by atoms with Crippen LogP contribution in [0.5, 0.6) is 0 Å². The van der Waals surface area contributed by atoms with Crippen LogP contribution in [0.4, 0.5) is 0 Å². The lowest BCUT2D eigenvalue weighted by molar-refractivity contribution is -0.127. The van der Waals surface area contributed by atoms with Crippen LogP contribution in [0.2, 0.25) is 0 Å². The smallest absolute Gasteiger partial charge is 0.179 e. The van der Waals surface area contributed by atoms with Crippen LogP contribution in [-0.2, 0) is 0 Å². The third-order valence-electron chi connectivity index (χ3n) is 0.844. The molecule has 0 aliphatic carbocycles. The molecule has 0 saturated carbocycles. The Labute approximate surface area is 47.6 Å². The van der Waals surface area contributed by atoms with Crippen LogP contribution in [-0.4, -0.2) is 33.8 Å². The van der Waals surface area contributed by atoms with Gasteiger partial charge in [0.15, 0.2) is 6.29 Å². The number of aliphatic hydroxyl groups excluding tert-OH is 2. The van der Waals surface area contributed by atoms with E-state index in [0.29, 0.717) is 0 Å². The van der Waals surface area contributed by atoms with Gasteiger partial charge in [-0.3, -0.25) is 0 Å². The van der Waals surface area contributed by atoms with Crippen LogP contribution < -0.4 is 5.73 Å². The van der Waals surface area contributed by atoms with Gasteiger partial charge >= 0.3 is 0 Å². The first kappa shape index (κ1) is 7.84. The summed E-state index contributed by atoms with van der Waals surface area (Å²) in [5.74, 6) is 0. The highest BCUT2D eigenvalue weighted by Gasteiger charge is 2.16. The summed E-state index contributed by atoms with van der Waals surface area (Å²) in [6.45, 7) is 1.49. The molecule has 0 aliphatic rings. The molecule has 8 heavy (non-hydrogen) atoms. The lowest BCUT2D eigenvalue weighted by Crippen LogP contribution is -2.40.